The highest BCUT2D eigenvalue weighted by molar-refractivity contribution is 5.72. The molecule has 2 nitrogen and oxygen atoms in total. The van der Waals surface area contributed by atoms with Crippen LogP contribution in [0.2, 0.25) is 0 Å². The van der Waals surface area contributed by atoms with Gasteiger partial charge >= 0.3 is 0 Å². The van der Waals surface area contributed by atoms with E-state index in [-0.39, 0.29) is 0 Å². The van der Waals surface area contributed by atoms with Crippen LogP contribution in [-0.4, -0.2) is 11.7 Å². The molecule has 0 radical (unpaired) electrons. The highest BCUT2D eigenvalue weighted by atomic mass is 15.2. The van der Waals surface area contributed by atoms with Gasteiger partial charge in [0, 0.05) is 13.0 Å². The van der Waals surface area contributed by atoms with Crippen molar-refractivity contribution in [2.24, 2.45) is 5.11 Å². The molecule has 262 valence electrons. The summed E-state index contributed by atoms with van der Waals surface area (Å²) in [5.41, 5.74) is 13.9. The number of rotatable bonds is 23. The van der Waals surface area contributed by atoms with Crippen LogP contribution in [0.1, 0.15) is 165 Å². The molecule has 3 aromatic rings. The van der Waals surface area contributed by atoms with Crippen LogP contribution in [0.4, 0.5) is 5.69 Å². The molecular weight excluding hydrogens is 581 g/mol. The lowest BCUT2D eigenvalue weighted by molar-refractivity contribution is -0.510. The summed E-state index contributed by atoms with van der Waals surface area (Å²) in [5.74, 6) is 0. The molecule has 0 aliphatic carbocycles. The van der Waals surface area contributed by atoms with Crippen LogP contribution in [0, 0.1) is 0 Å². The van der Waals surface area contributed by atoms with Gasteiger partial charge in [-0.05, 0) is 113 Å². The molecule has 0 saturated heterocycles. The summed E-state index contributed by atoms with van der Waals surface area (Å²) >= 11 is 0. The van der Waals surface area contributed by atoms with Gasteiger partial charge in [0.05, 0.1) is 0 Å². The molecule has 0 bridgehead atoms. The third kappa shape index (κ3) is 12.8. The van der Waals surface area contributed by atoms with Crippen molar-refractivity contribution in [2.45, 2.75) is 164 Å². The number of hydrogen-bond acceptors (Lipinski definition) is 1. The van der Waals surface area contributed by atoms with E-state index in [1.807, 2.05) is 0 Å². The summed E-state index contributed by atoms with van der Waals surface area (Å²) < 4.78 is 2.08. The first-order valence-electron chi connectivity index (χ1n) is 19.9. The van der Waals surface area contributed by atoms with Crippen LogP contribution < -0.4 is 0 Å². The monoisotopic (exact) mass is 650 g/mol. The van der Waals surface area contributed by atoms with Crippen LogP contribution in [0.15, 0.2) is 65.4 Å². The fourth-order valence-corrected chi connectivity index (χ4v) is 7.14. The first kappa shape index (κ1) is 39.4. The molecule has 0 aliphatic heterocycles. The fraction of sp³-hybridized carbons (Fsp3) is 0.565. The van der Waals surface area contributed by atoms with E-state index in [0.29, 0.717) is 0 Å². The smallest absolute Gasteiger partial charge is 0.0909 e. The summed E-state index contributed by atoms with van der Waals surface area (Å²) in [5, 5.41) is 5.19. The van der Waals surface area contributed by atoms with Crippen molar-refractivity contribution in [1.82, 2.24) is 0 Å². The minimum Gasteiger partial charge on any atom is -0.0909 e. The van der Waals surface area contributed by atoms with Crippen molar-refractivity contribution in [3.63, 3.8) is 0 Å². The average molecular weight is 650 g/mol. The topological polar surface area (TPSA) is 15.4 Å². The zero-order valence-corrected chi connectivity index (χ0v) is 32.1. The first-order chi connectivity index (χ1) is 23.4. The summed E-state index contributed by atoms with van der Waals surface area (Å²) in [6.07, 6.45) is 26.6. The summed E-state index contributed by atoms with van der Waals surface area (Å²) in [7, 11) is 2.11. The van der Waals surface area contributed by atoms with Gasteiger partial charge in [-0.25, -0.2) is 0 Å². The Morgan fingerprint density at radius 2 is 1.12 bits per heavy atom. The van der Waals surface area contributed by atoms with E-state index < -0.39 is 0 Å². The standard InChI is InChI=1S/C46H69N2/c1-8-13-16-18-20-25-30-44-39(11-4)33-38(34-42(44)27-15-10-3)32-37(6)48(7)47-43-35-40(12-5)45(31-26-21-19-17-14-9-2)46(36-43)41-28-23-22-24-29-41/h22-24,28-29,32-36H,8-21,25-27,30-31H2,1-7H3/q+1. The molecule has 0 aromatic heterocycles. The van der Waals surface area contributed by atoms with E-state index in [1.54, 1.807) is 11.1 Å². The van der Waals surface area contributed by atoms with Gasteiger partial charge in [0.2, 0.25) is 5.70 Å². The molecule has 0 saturated carbocycles. The molecule has 0 unspecified atom stereocenters. The Morgan fingerprint density at radius 3 is 1.73 bits per heavy atom. The number of hydrogen-bond donors (Lipinski definition) is 0. The van der Waals surface area contributed by atoms with Crippen molar-refractivity contribution in [3.8, 4) is 11.1 Å². The van der Waals surface area contributed by atoms with Crippen LogP contribution in [0.3, 0.4) is 0 Å². The molecule has 0 spiro atoms. The minimum atomic E-state index is 1.03. The van der Waals surface area contributed by atoms with E-state index >= 15 is 0 Å². The third-order valence-corrected chi connectivity index (χ3v) is 10.1. The van der Waals surface area contributed by atoms with Gasteiger partial charge in [0.15, 0.2) is 7.05 Å². The molecule has 0 N–H and O–H groups in total. The highest BCUT2D eigenvalue weighted by Gasteiger charge is 2.15. The second-order valence-electron chi connectivity index (χ2n) is 14.1. The van der Waals surface area contributed by atoms with Gasteiger partial charge in [0.1, 0.15) is 5.69 Å². The number of azo groups is 2. The predicted molar refractivity (Wildman–Crippen MR) is 212 cm³/mol. The zero-order chi connectivity index (χ0) is 34.6. The zero-order valence-electron chi connectivity index (χ0n) is 32.1. The van der Waals surface area contributed by atoms with E-state index in [9.17, 15) is 0 Å². The lowest BCUT2D eigenvalue weighted by Crippen LogP contribution is -2.03. The normalized spacial score (nSPS) is 12.2. The highest BCUT2D eigenvalue weighted by Crippen LogP contribution is 2.34. The Kier molecular flexibility index (Phi) is 18.6. The molecule has 48 heavy (non-hydrogen) atoms. The molecule has 0 amide bonds. The largest absolute Gasteiger partial charge is 0.205 e. The van der Waals surface area contributed by atoms with E-state index in [0.717, 1.165) is 30.6 Å². The van der Waals surface area contributed by atoms with E-state index in [1.165, 1.54) is 136 Å². The number of allylic oxidation sites excluding steroid dienone is 1. The third-order valence-electron chi connectivity index (χ3n) is 10.1. The molecule has 3 aromatic carbocycles. The van der Waals surface area contributed by atoms with Crippen molar-refractivity contribution in [3.05, 3.63) is 93.7 Å². The Labute approximate surface area is 296 Å². The Bertz CT molecular complexity index is 1410. The van der Waals surface area contributed by atoms with Crippen molar-refractivity contribution < 1.29 is 4.70 Å². The maximum atomic E-state index is 5.19. The van der Waals surface area contributed by atoms with Crippen LogP contribution in [-0.2, 0) is 32.1 Å². The molecule has 0 fully saturated rings. The maximum absolute atomic E-state index is 5.19. The summed E-state index contributed by atoms with van der Waals surface area (Å²) in [4.78, 5) is 0. The Hall–Kier alpha value is -3.00. The van der Waals surface area contributed by atoms with Gasteiger partial charge in [0.25, 0.3) is 0 Å². The molecule has 0 aliphatic rings. The van der Waals surface area contributed by atoms with E-state index in [4.69, 9.17) is 5.11 Å². The maximum Gasteiger partial charge on any atom is 0.205 e. The molecule has 2 heteroatoms. The van der Waals surface area contributed by atoms with Crippen LogP contribution >= 0.6 is 0 Å². The summed E-state index contributed by atoms with van der Waals surface area (Å²) in [6.45, 7) is 13.7. The lowest BCUT2D eigenvalue weighted by atomic mass is 9.89. The predicted octanol–water partition coefficient (Wildman–Crippen LogP) is 14.4. The second-order valence-corrected chi connectivity index (χ2v) is 14.1. The van der Waals surface area contributed by atoms with Gasteiger partial charge < -0.3 is 0 Å². The number of nitrogens with zero attached hydrogens (tertiary/aromatic N) is 2. The molecular formula is C46H69N2+. The van der Waals surface area contributed by atoms with Crippen LogP contribution in [0.25, 0.3) is 17.2 Å². The Morgan fingerprint density at radius 1 is 0.583 bits per heavy atom. The van der Waals surface area contributed by atoms with Gasteiger partial charge in [-0.1, -0.05) is 152 Å². The van der Waals surface area contributed by atoms with Gasteiger partial charge in [-0.15, -0.1) is 0 Å². The molecule has 3 rings (SSSR count). The number of aryl methyl sites for hydroxylation is 3. The second kappa shape index (κ2) is 22.6. The van der Waals surface area contributed by atoms with Gasteiger partial charge in [-0.3, -0.25) is 0 Å². The Balaban J connectivity index is 1.90. The molecule has 0 heterocycles. The fourth-order valence-electron chi connectivity index (χ4n) is 7.14. The average Bonchev–Trinajstić information content (AvgIpc) is 3.11. The van der Waals surface area contributed by atoms with Gasteiger partial charge in [-0.2, -0.15) is 0 Å². The quantitative estimate of drug-likeness (QED) is 0.0552. The lowest BCUT2D eigenvalue weighted by Gasteiger charge is -2.16. The SMILES string of the molecule is CCCCCCCCc1c(CC)cc(C=C(C)[N+](C)=Nc2cc(CC)c(CCCCCCCC)c(-c3ccccc3)c2)cc1CCCC. The van der Waals surface area contributed by atoms with Crippen molar-refractivity contribution in [1.29, 1.82) is 0 Å². The van der Waals surface area contributed by atoms with Crippen LogP contribution in [0.5, 0.6) is 0 Å². The van der Waals surface area contributed by atoms with E-state index in [2.05, 4.69) is 114 Å². The summed E-state index contributed by atoms with van der Waals surface area (Å²) in [6, 6.07) is 20.6. The van der Waals surface area contributed by atoms with Crippen molar-refractivity contribution >= 4 is 11.8 Å². The number of unbranched alkanes of at least 4 members (excludes halogenated alkanes) is 11. The first-order valence-corrected chi connectivity index (χ1v) is 19.9. The molecule has 0 atom stereocenters. The minimum absolute atomic E-state index is 1.03. The van der Waals surface area contributed by atoms with Crippen molar-refractivity contribution in [2.75, 3.05) is 7.05 Å². The number of benzene rings is 3.